The second kappa shape index (κ2) is 5.38. The summed E-state index contributed by atoms with van der Waals surface area (Å²) in [7, 11) is 0. The molecule has 0 aromatic heterocycles. The number of halogens is 2. The molecule has 2 aromatic rings. The minimum atomic E-state index is -0.654. The Labute approximate surface area is 110 Å². The fourth-order valence-electron chi connectivity index (χ4n) is 1.59. The van der Waals surface area contributed by atoms with Crippen molar-refractivity contribution in [3.05, 3.63) is 58.9 Å². The van der Waals surface area contributed by atoms with Gasteiger partial charge in [0.1, 0.15) is 17.3 Å². The predicted octanol–water partition coefficient (Wildman–Crippen LogP) is 4.32. The van der Waals surface area contributed by atoms with Gasteiger partial charge in [-0.15, -0.1) is 0 Å². The highest BCUT2D eigenvalue weighted by molar-refractivity contribution is 6.30. The molecule has 1 atom stereocenters. The molecule has 0 radical (unpaired) electrons. The maximum absolute atomic E-state index is 13.3. The topological polar surface area (TPSA) is 29.5 Å². The number of hydrogen-bond donors (Lipinski definition) is 1. The summed E-state index contributed by atoms with van der Waals surface area (Å²) in [4.78, 5) is 0. The van der Waals surface area contributed by atoms with Crippen LogP contribution in [0.2, 0.25) is 5.02 Å². The van der Waals surface area contributed by atoms with Gasteiger partial charge in [-0.2, -0.15) is 0 Å². The molecule has 0 heterocycles. The fourth-order valence-corrected chi connectivity index (χ4v) is 1.70. The van der Waals surface area contributed by atoms with E-state index in [9.17, 15) is 9.50 Å². The molecule has 0 aliphatic heterocycles. The number of ether oxygens (including phenoxy) is 1. The van der Waals surface area contributed by atoms with Gasteiger partial charge in [-0.05, 0) is 25.1 Å². The second-order valence-electron chi connectivity index (χ2n) is 3.89. The minimum absolute atomic E-state index is 0.0474. The highest BCUT2D eigenvalue weighted by Crippen LogP contribution is 2.30. The molecule has 2 nitrogen and oxygen atoms in total. The highest BCUT2D eigenvalue weighted by Gasteiger charge is 2.10. The lowest BCUT2D eigenvalue weighted by Crippen LogP contribution is -1.96. The first-order valence-electron chi connectivity index (χ1n) is 5.48. The van der Waals surface area contributed by atoms with Crippen molar-refractivity contribution in [1.82, 2.24) is 0 Å². The normalized spacial score (nSPS) is 12.2. The summed E-state index contributed by atoms with van der Waals surface area (Å²) < 4.78 is 18.8. The number of benzene rings is 2. The summed E-state index contributed by atoms with van der Waals surface area (Å²) in [5.41, 5.74) is 0.646. The van der Waals surface area contributed by atoms with Crippen LogP contribution in [0, 0.1) is 5.82 Å². The van der Waals surface area contributed by atoms with Gasteiger partial charge in [0.05, 0.1) is 11.1 Å². The van der Waals surface area contributed by atoms with Crippen molar-refractivity contribution in [2.24, 2.45) is 0 Å². The number of rotatable bonds is 3. The summed E-state index contributed by atoms with van der Waals surface area (Å²) in [6.45, 7) is 1.64. The lowest BCUT2D eigenvalue weighted by atomic mass is 10.1. The molecule has 2 aromatic carbocycles. The quantitative estimate of drug-likeness (QED) is 0.896. The van der Waals surface area contributed by atoms with E-state index in [2.05, 4.69) is 0 Å². The zero-order valence-electron chi connectivity index (χ0n) is 9.73. The Morgan fingerprint density at radius 2 is 1.94 bits per heavy atom. The smallest absolute Gasteiger partial charge is 0.145 e. The molecule has 0 bridgehead atoms. The lowest BCUT2D eigenvalue weighted by Gasteiger charge is -2.13. The zero-order chi connectivity index (χ0) is 13.1. The molecule has 0 amide bonds. The summed E-state index contributed by atoms with van der Waals surface area (Å²) in [5, 5.41) is 9.65. The summed E-state index contributed by atoms with van der Waals surface area (Å²) in [6, 6.07) is 11.3. The van der Waals surface area contributed by atoms with Crippen LogP contribution in [0.4, 0.5) is 4.39 Å². The average Bonchev–Trinajstić information content (AvgIpc) is 2.34. The monoisotopic (exact) mass is 266 g/mol. The van der Waals surface area contributed by atoms with Crippen molar-refractivity contribution < 1.29 is 14.2 Å². The molecule has 0 unspecified atom stereocenters. The number of aliphatic hydroxyl groups is 1. The van der Waals surface area contributed by atoms with E-state index in [1.54, 1.807) is 37.3 Å². The third-order valence-corrected chi connectivity index (χ3v) is 2.79. The van der Waals surface area contributed by atoms with Crippen LogP contribution in [-0.4, -0.2) is 5.11 Å². The van der Waals surface area contributed by atoms with E-state index in [4.69, 9.17) is 16.3 Å². The molecule has 94 valence electrons. The highest BCUT2D eigenvalue weighted by atomic mass is 35.5. The van der Waals surface area contributed by atoms with Gasteiger partial charge in [0.2, 0.25) is 0 Å². The predicted molar refractivity (Wildman–Crippen MR) is 68.6 cm³/mol. The summed E-state index contributed by atoms with van der Waals surface area (Å²) >= 11 is 5.59. The first kappa shape index (κ1) is 12.9. The van der Waals surface area contributed by atoms with E-state index in [0.717, 1.165) is 0 Å². The van der Waals surface area contributed by atoms with Crippen molar-refractivity contribution in [2.45, 2.75) is 13.0 Å². The van der Waals surface area contributed by atoms with Crippen LogP contribution in [-0.2, 0) is 0 Å². The Hall–Kier alpha value is -1.58. The van der Waals surface area contributed by atoms with Crippen LogP contribution in [0.1, 0.15) is 18.6 Å². The van der Waals surface area contributed by atoms with Crippen molar-refractivity contribution in [3.8, 4) is 11.5 Å². The number of aliphatic hydroxyl groups excluding tert-OH is 1. The molecule has 0 fully saturated rings. The Morgan fingerprint density at radius 1 is 1.22 bits per heavy atom. The minimum Gasteiger partial charge on any atom is -0.457 e. The van der Waals surface area contributed by atoms with Gasteiger partial charge in [-0.1, -0.05) is 29.8 Å². The Morgan fingerprint density at radius 3 is 2.61 bits per heavy atom. The average molecular weight is 267 g/mol. The molecule has 1 N–H and O–H groups in total. The Bertz CT molecular complexity index is 555. The van der Waals surface area contributed by atoms with Gasteiger partial charge in [0.15, 0.2) is 0 Å². The van der Waals surface area contributed by atoms with Gasteiger partial charge in [0.25, 0.3) is 0 Å². The van der Waals surface area contributed by atoms with Crippen LogP contribution in [0.5, 0.6) is 11.5 Å². The Kier molecular flexibility index (Phi) is 3.84. The maximum atomic E-state index is 13.3. The second-order valence-corrected chi connectivity index (χ2v) is 4.30. The van der Waals surface area contributed by atoms with Crippen LogP contribution in [0.3, 0.4) is 0 Å². The van der Waals surface area contributed by atoms with Crippen molar-refractivity contribution in [1.29, 1.82) is 0 Å². The van der Waals surface area contributed by atoms with Crippen molar-refractivity contribution in [2.75, 3.05) is 0 Å². The molecule has 18 heavy (non-hydrogen) atoms. The van der Waals surface area contributed by atoms with Gasteiger partial charge < -0.3 is 9.84 Å². The first-order valence-corrected chi connectivity index (χ1v) is 5.85. The molecule has 0 aliphatic rings. The van der Waals surface area contributed by atoms with Gasteiger partial charge in [-0.25, -0.2) is 4.39 Å². The van der Waals surface area contributed by atoms with Crippen LogP contribution in [0.15, 0.2) is 42.5 Å². The van der Waals surface area contributed by atoms with Gasteiger partial charge in [-0.3, -0.25) is 0 Å². The molecular formula is C14H12ClFO2. The van der Waals surface area contributed by atoms with E-state index in [-0.39, 0.29) is 5.02 Å². The lowest BCUT2D eigenvalue weighted by molar-refractivity contribution is 0.195. The first-order chi connectivity index (χ1) is 8.58. The fraction of sp³-hybridized carbons (Fsp3) is 0.143. The summed E-state index contributed by atoms with van der Waals surface area (Å²) in [5.74, 6) is 0.294. The Balaban J connectivity index is 2.31. The molecule has 0 saturated heterocycles. The zero-order valence-corrected chi connectivity index (χ0v) is 10.5. The third-order valence-electron chi connectivity index (χ3n) is 2.49. The maximum Gasteiger partial charge on any atom is 0.145 e. The molecule has 0 spiro atoms. The van der Waals surface area contributed by atoms with E-state index in [0.29, 0.717) is 17.1 Å². The molecule has 0 aliphatic carbocycles. The molecule has 0 saturated carbocycles. The van der Waals surface area contributed by atoms with Gasteiger partial charge >= 0.3 is 0 Å². The van der Waals surface area contributed by atoms with Gasteiger partial charge in [0, 0.05) is 11.6 Å². The van der Waals surface area contributed by atoms with Crippen LogP contribution < -0.4 is 4.74 Å². The van der Waals surface area contributed by atoms with Crippen LogP contribution >= 0.6 is 11.6 Å². The summed E-state index contributed by atoms with van der Waals surface area (Å²) in [6.07, 6.45) is -0.654. The van der Waals surface area contributed by atoms with E-state index >= 15 is 0 Å². The molecule has 2 rings (SSSR count). The number of para-hydroxylation sites is 1. The third kappa shape index (κ3) is 2.81. The van der Waals surface area contributed by atoms with Crippen molar-refractivity contribution in [3.63, 3.8) is 0 Å². The largest absolute Gasteiger partial charge is 0.457 e. The van der Waals surface area contributed by atoms with E-state index in [1.165, 1.54) is 12.1 Å². The van der Waals surface area contributed by atoms with Crippen molar-refractivity contribution >= 4 is 11.6 Å². The number of hydrogen-bond acceptors (Lipinski definition) is 2. The van der Waals surface area contributed by atoms with Crippen LogP contribution in [0.25, 0.3) is 0 Å². The van der Waals surface area contributed by atoms with E-state index < -0.39 is 11.9 Å². The molecule has 4 heteroatoms. The standard InChI is InChI=1S/C14H12ClFO2/c1-9(17)11-4-2-3-5-14(11)18-10-6-7-12(15)13(16)8-10/h2-9,17H,1H3/t9-/m1/s1. The van der Waals surface area contributed by atoms with E-state index in [1.807, 2.05) is 0 Å². The SMILES string of the molecule is C[C@@H](O)c1ccccc1Oc1ccc(Cl)c(F)c1. The molecular weight excluding hydrogens is 255 g/mol.